The summed E-state index contributed by atoms with van der Waals surface area (Å²) in [5.41, 5.74) is 2.58. The van der Waals surface area contributed by atoms with Gasteiger partial charge in [-0.25, -0.2) is 4.99 Å². The molecule has 1 aromatic heterocycles. The lowest BCUT2D eigenvalue weighted by atomic mass is 9.99. The smallest absolute Gasteiger partial charge is 0.248 e. The van der Waals surface area contributed by atoms with Crippen LogP contribution >= 0.6 is 24.0 Å². The second kappa shape index (κ2) is 12.7. The molecule has 2 rings (SSSR count). The normalized spacial score (nSPS) is 13.5. The molecule has 0 saturated heterocycles. The Morgan fingerprint density at radius 1 is 1.25 bits per heavy atom. The van der Waals surface area contributed by atoms with Crippen molar-refractivity contribution >= 4 is 29.9 Å². The lowest BCUT2D eigenvalue weighted by Crippen LogP contribution is -2.39. The Labute approximate surface area is 184 Å². The molecule has 0 aliphatic rings. The molecule has 0 spiro atoms. The van der Waals surface area contributed by atoms with Crippen LogP contribution in [0.15, 0.2) is 33.8 Å². The molecule has 2 atom stereocenters. The number of aryl methyl sites for hydroxylation is 1. The summed E-state index contributed by atoms with van der Waals surface area (Å²) in [6, 6.07) is 8.58. The third-order valence-electron chi connectivity index (χ3n) is 4.17. The monoisotopic (exact) mass is 501 g/mol. The second-order valence-corrected chi connectivity index (χ2v) is 6.54. The Balaban J connectivity index is 0.00000392. The molecule has 0 fully saturated rings. The summed E-state index contributed by atoms with van der Waals surface area (Å²) in [6.45, 7) is 12.7. The number of guanidine groups is 1. The number of hydrogen-bond acceptors (Lipinski definition) is 5. The van der Waals surface area contributed by atoms with Crippen molar-refractivity contribution in [1.29, 1.82) is 0 Å². The quantitative estimate of drug-likeness (QED) is 0.308. The van der Waals surface area contributed by atoms with Crippen molar-refractivity contribution in [3.8, 4) is 0 Å². The van der Waals surface area contributed by atoms with Gasteiger partial charge in [0.15, 0.2) is 11.8 Å². The number of aromatic nitrogens is 2. The summed E-state index contributed by atoms with van der Waals surface area (Å²) in [6.07, 6.45) is -0.182. The summed E-state index contributed by atoms with van der Waals surface area (Å²) in [5, 5.41) is 10.6. The van der Waals surface area contributed by atoms with Crippen LogP contribution in [0.25, 0.3) is 0 Å². The molecule has 2 aromatic rings. The summed E-state index contributed by atoms with van der Waals surface area (Å²) in [5.74, 6) is 2.12. The SMILES string of the molecule is CCNC(=NCc1nc(C(C)OCC)no1)NCC(C)c1cccc(C)c1.I. The topological polar surface area (TPSA) is 84.6 Å². The van der Waals surface area contributed by atoms with E-state index in [9.17, 15) is 0 Å². The molecule has 7 nitrogen and oxygen atoms in total. The number of rotatable bonds is 9. The van der Waals surface area contributed by atoms with Crippen molar-refractivity contribution in [2.45, 2.75) is 53.2 Å². The summed E-state index contributed by atoms with van der Waals surface area (Å²) in [7, 11) is 0. The van der Waals surface area contributed by atoms with Crippen LogP contribution in [0.1, 0.15) is 62.6 Å². The standard InChI is InChI=1S/C20H31N5O2.HI/c1-6-21-20(22-12-15(4)17-10-8-9-14(3)11-17)23-13-18-24-19(25-27-18)16(5)26-7-2;/h8-11,15-16H,6-7,12-13H2,1-5H3,(H2,21,22,23);1H. The van der Waals surface area contributed by atoms with Crippen LogP contribution in [-0.4, -0.2) is 35.8 Å². The Morgan fingerprint density at radius 3 is 2.71 bits per heavy atom. The summed E-state index contributed by atoms with van der Waals surface area (Å²) >= 11 is 0. The fraction of sp³-hybridized carbons (Fsp3) is 0.550. The zero-order valence-corrected chi connectivity index (χ0v) is 19.7. The fourth-order valence-corrected chi connectivity index (χ4v) is 2.65. The number of nitrogens with zero attached hydrogens (tertiary/aromatic N) is 3. The largest absolute Gasteiger partial charge is 0.371 e. The molecule has 2 unspecified atom stereocenters. The highest BCUT2D eigenvalue weighted by molar-refractivity contribution is 14.0. The molecular formula is C20H32IN5O2. The fourth-order valence-electron chi connectivity index (χ4n) is 2.65. The van der Waals surface area contributed by atoms with Gasteiger partial charge in [0.2, 0.25) is 5.89 Å². The summed E-state index contributed by atoms with van der Waals surface area (Å²) < 4.78 is 10.7. The van der Waals surface area contributed by atoms with Crippen molar-refractivity contribution in [3.63, 3.8) is 0 Å². The first-order chi connectivity index (χ1) is 13.0. The molecule has 0 aliphatic heterocycles. The highest BCUT2D eigenvalue weighted by atomic mass is 127. The Bertz CT molecular complexity index is 735. The van der Waals surface area contributed by atoms with Gasteiger partial charge in [-0.3, -0.25) is 0 Å². The minimum atomic E-state index is -0.182. The van der Waals surface area contributed by atoms with E-state index in [1.165, 1.54) is 11.1 Å². The number of hydrogen-bond donors (Lipinski definition) is 2. The molecule has 28 heavy (non-hydrogen) atoms. The van der Waals surface area contributed by atoms with Gasteiger partial charge in [-0.05, 0) is 39.2 Å². The van der Waals surface area contributed by atoms with Crippen molar-refractivity contribution in [2.24, 2.45) is 4.99 Å². The molecule has 0 bridgehead atoms. The number of halogens is 1. The molecule has 0 aliphatic carbocycles. The average molecular weight is 501 g/mol. The first-order valence-electron chi connectivity index (χ1n) is 9.56. The Morgan fingerprint density at radius 2 is 2.04 bits per heavy atom. The Hall–Kier alpha value is -1.68. The van der Waals surface area contributed by atoms with Crippen molar-refractivity contribution in [3.05, 3.63) is 47.1 Å². The second-order valence-electron chi connectivity index (χ2n) is 6.54. The van der Waals surface area contributed by atoms with Crippen molar-refractivity contribution in [1.82, 2.24) is 20.8 Å². The lowest BCUT2D eigenvalue weighted by Gasteiger charge is -2.16. The number of benzene rings is 1. The third kappa shape index (κ3) is 7.75. The molecular weight excluding hydrogens is 469 g/mol. The van der Waals surface area contributed by atoms with E-state index in [2.05, 4.69) is 63.9 Å². The van der Waals surface area contributed by atoms with E-state index < -0.39 is 0 Å². The molecule has 2 N–H and O–H groups in total. The number of aliphatic imine (C=N–C) groups is 1. The predicted octanol–water partition coefficient (Wildman–Crippen LogP) is 3.95. The van der Waals surface area contributed by atoms with Gasteiger partial charge in [-0.2, -0.15) is 4.98 Å². The molecule has 1 heterocycles. The van der Waals surface area contributed by atoms with Gasteiger partial charge < -0.3 is 19.9 Å². The van der Waals surface area contributed by atoms with E-state index >= 15 is 0 Å². The van der Waals surface area contributed by atoms with E-state index in [1.807, 2.05) is 20.8 Å². The highest BCUT2D eigenvalue weighted by Crippen LogP contribution is 2.15. The zero-order valence-electron chi connectivity index (χ0n) is 17.4. The first-order valence-corrected chi connectivity index (χ1v) is 9.56. The van der Waals surface area contributed by atoms with Crippen LogP contribution in [0.5, 0.6) is 0 Å². The maximum absolute atomic E-state index is 5.48. The van der Waals surface area contributed by atoms with E-state index in [0.717, 1.165) is 19.0 Å². The molecule has 8 heteroatoms. The maximum atomic E-state index is 5.48. The van der Waals surface area contributed by atoms with Crippen LogP contribution < -0.4 is 10.6 Å². The lowest BCUT2D eigenvalue weighted by molar-refractivity contribution is 0.0683. The zero-order chi connectivity index (χ0) is 19.6. The number of ether oxygens (including phenoxy) is 1. The Kier molecular flexibility index (Phi) is 11.1. The van der Waals surface area contributed by atoms with Crippen LogP contribution in [0, 0.1) is 6.92 Å². The first kappa shape index (κ1) is 24.4. The van der Waals surface area contributed by atoms with E-state index in [0.29, 0.717) is 30.8 Å². The molecule has 156 valence electrons. The van der Waals surface area contributed by atoms with Crippen LogP contribution in [0.2, 0.25) is 0 Å². The van der Waals surface area contributed by atoms with Gasteiger partial charge in [-0.1, -0.05) is 41.9 Å². The van der Waals surface area contributed by atoms with Gasteiger partial charge >= 0.3 is 0 Å². The van der Waals surface area contributed by atoms with E-state index in [-0.39, 0.29) is 30.1 Å². The van der Waals surface area contributed by atoms with Crippen LogP contribution in [-0.2, 0) is 11.3 Å². The molecule has 1 aromatic carbocycles. The minimum absolute atomic E-state index is 0. The van der Waals surface area contributed by atoms with Gasteiger partial charge in [0, 0.05) is 19.7 Å². The van der Waals surface area contributed by atoms with Crippen molar-refractivity contribution in [2.75, 3.05) is 19.7 Å². The minimum Gasteiger partial charge on any atom is -0.371 e. The average Bonchev–Trinajstić information content (AvgIpc) is 3.13. The predicted molar refractivity (Wildman–Crippen MR) is 122 cm³/mol. The number of nitrogens with one attached hydrogen (secondary N) is 2. The molecule has 0 amide bonds. The van der Waals surface area contributed by atoms with E-state index in [1.54, 1.807) is 0 Å². The van der Waals surface area contributed by atoms with Crippen LogP contribution in [0.4, 0.5) is 0 Å². The summed E-state index contributed by atoms with van der Waals surface area (Å²) in [4.78, 5) is 8.89. The van der Waals surface area contributed by atoms with Gasteiger partial charge in [0.1, 0.15) is 12.6 Å². The third-order valence-corrected chi connectivity index (χ3v) is 4.17. The molecule has 0 radical (unpaired) electrons. The maximum Gasteiger partial charge on any atom is 0.248 e. The van der Waals surface area contributed by atoms with Gasteiger partial charge in [0.05, 0.1) is 0 Å². The molecule has 0 saturated carbocycles. The van der Waals surface area contributed by atoms with Crippen LogP contribution in [0.3, 0.4) is 0 Å². The van der Waals surface area contributed by atoms with Gasteiger partial charge in [0.25, 0.3) is 0 Å². The highest BCUT2D eigenvalue weighted by Gasteiger charge is 2.13. The van der Waals surface area contributed by atoms with E-state index in [4.69, 9.17) is 9.26 Å². The van der Waals surface area contributed by atoms with Gasteiger partial charge in [-0.15, -0.1) is 24.0 Å². The van der Waals surface area contributed by atoms with Crippen molar-refractivity contribution < 1.29 is 9.26 Å².